The summed E-state index contributed by atoms with van der Waals surface area (Å²) in [7, 11) is 0. The molecule has 0 aliphatic carbocycles. The molecule has 2 N–H and O–H groups in total. The fourth-order valence-electron chi connectivity index (χ4n) is 0.927. The third-order valence-electron chi connectivity index (χ3n) is 1.41. The predicted molar refractivity (Wildman–Crippen MR) is 45.3 cm³/mol. The largest absolute Gasteiger partial charge is 0.317 e. The van der Waals surface area contributed by atoms with E-state index in [4.69, 9.17) is 0 Å². The molecule has 1 aliphatic rings. The van der Waals surface area contributed by atoms with Crippen LogP contribution in [0.25, 0.3) is 0 Å². The molecule has 1 saturated heterocycles. The van der Waals surface area contributed by atoms with Gasteiger partial charge in [0, 0.05) is 0 Å². The summed E-state index contributed by atoms with van der Waals surface area (Å²) >= 11 is 0. The summed E-state index contributed by atoms with van der Waals surface area (Å²) in [6, 6.07) is 0. The molecule has 0 atom stereocenters. The molecule has 0 amide bonds. The summed E-state index contributed by atoms with van der Waals surface area (Å²) in [4.78, 5) is 0. The average molecular weight is 195 g/mol. The Kier molecular flexibility index (Phi) is 6.81. The number of rotatable bonds is 0. The summed E-state index contributed by atoms with van der Waals surface area (Å²) in [5.41, 5.74) is 0. The molecule has 0 aromatic heterocycles. The van der Waals surface area contributed by atoms with E-state index in [1.807, 2.05) is 0 Å². The fraction of sp³-hybridized carbons (Fsp3) is 1.00. The molecule has 2 nitrogen and oxygen atoms in total. The van der Waals surface area contributed by atoms with E-state index in [1.54, 1.807) is 0 Å². The van der Waals surface area contributed by atoms with Crippen molar-refractivity contribution in [2.24, 2.45) is 0 Å². The molecule has 1 rings (SSSR count). The minimum atomic E-state index is 0. The Morgan fingerprint density at radius 1 is 0.667 bits per heavy atom. The molecule has 1 heterocycles. The molecule has 3 heteroatoms. The minimum Gasteiger partial charge on any atom is -0.317 e. The van der Waals surface area contributed by atoms with Crippen LogP contribution in [0.5, 0.6) is 0 Å². The minimum absolute atomic E-state index is 0. The van der Waals surface area contributed by atoms with E-state index < -0.39 is 0 Å². The summed E-state index contributed by atoms with van der Waals surface area (Å²) < 4.78 is 0. The van der Waals surface area contributed by atoms with Gasteiger partial charge >= 0.3 is 0 Å². The van der Waals surface area contributed by atoms with E-state index in [9.17, 15) is 0 Å². The molecule has 0 spiro atoms. The quantitative estimate of drug-likeness (QED) is 0.589. The molecule has 0 bridgehead atoms. The highest BCUT2D eigenvalue weighted by atomic mass is 79.9. The molecule has 56 valence electrons. The van der Waals surface area contributed by atoms with Crippen LogP contribution in [-0.4, -0.2) is 26.2 Å². The monoisotopic (exact) mass is 194 g/mol. The van der Waals surface area contributed by atoms with Crippen LogP contribution in [0.4, 0.5) is 0 Å². The van der Waals surface area contributed by atoms with Crippen LogP contribution >= 0.6 is 17.0 Å². The maximum atomic E-state index is 3.35. The summed E-state index contributed by atoms with van der Waals surface area (Å²) in [6.45, 7) is 4.75. The number of hydrogen-bond acceptors (Lipinski definition) is 2. The van der Waals surface area contributed by atoms with Gasteiger partial charge in [0.25, 0.3) is 0 Å². The lowest BCUT2D eigenvalue weighted by atomic mass is 10.3. The van der Waals surface area contributed by atoms with E-state index in [0.717, 1.165) is 0 Å². The SMILES string of the molecule is Br.C1CNCCCNC1. The summed E-state index contributed by atoms with van der Waals surface area (Å²) in [5, 5.41) is 6.69. The zero-order chi connectivity index (χ0) is 5.66. The third-order valence-corrected chi connectivity index (χ3v) is 1.41. The lowest BCUT2D eigenvalue weighted by Crippen LogP contribution is -2.29. The van der Waals surface area contributed by atoms with Crippen LogP contribution in [0.3, 0.4) is 0 Å². The second kappa shape index (κ2) is 6.52. The van der Waals surface area contributed by atoms with Crippen molar-refractivity contribution in [2.75, 3.05) is 26.2 Å². The average Bonchev–Trinajstić information content (AvgIpc) is 1.62. The lowest BCUT2D eigenvalue weighted by molar-refractivity contribution is 0.527. The zero-order valence-corrected chi connectivity index (χ0v) is 7.36. The lowest BCUT2D eigenvalue weighted by Gasteiger charge is -2.09. The normalized spacial score (nSPS) is 21.3. The van der Waals surface area contributed by atoms with Crippen LogP contribution in [0.1, 0.15) is 12.8 Å². The molecule has 0 saturated carbocycles. The Bertz CT molecular complexity index is 35.0. The van der Waals surface area contributed by atoms with Gasteiger partial charge < -0.3 is 10.6 Å². The smallest absolute Gasteiger partial charge is 0.00368 e. The van der Waals surface area contributed by atoms with Gasteiger partial charge in [-0.25, -0.2) is 0 Å². The highest BCUT2D eigenvalue weighted by Gasteiger charge is 1.92. The molecule has 1 aliphatic heterocycles. The Balaban J connectivity index is 0.000000640. The second-order valence-electron chi connectivity index (χ2n) is 2.21. The van der Waals surface area contributed by atoms with Gasteiger partial charge in [-0.3, -0.25) is 0 Å². The standard InChI is InChI=1S/C6H14N2.BrH/c1-3-7-5-2-6-8-4-1;/h7-8H,1-6H2;1H. The molecular weight excluding hydrogens is 180 g/mol. The molecule has 1 fully saturated rings. The third kappa shape index (κ3) is 4.88. The highest BCUT2D eigenvalue weighted by molar-refractivity contribution is 8.93. The van der Waals surface area contributed by atoms with Crippen LogP contribution in [0.15, 0.2) is 0 Å². The van der Waals surface area contributed by atoms with Crippen molar-refractivity contribution in [2.45, 2.75) is 12.8 Å². The van der Waals surface area contributed by atoms with Crippen LogP contribution in [0, 0.1) is 0 Å². The first-order valence-electron chi connectivity index (χ1n) is 3.41. The highest BCUT2D eigenvalue weighted by Crippen LogP contribution is 1.81. The molecule has 0 aromatic rings. The maximum absolute atomic E-state index is 3.35. The first-order valence-corrected chi connectivity index (χ1v) is 3.41. The van der Waals surface area contributed by atoms with Crippen molar-refractivity contribution in [3.05, 3.63) is 0 Å². The fourth-order valence-corrected chi connectivity index (χ4v) is 0.927. The Morgan fingerprint density at radius 3 is 1.33 bits per heavy atom. The zero-order valence-electron chi connectivity index (χ0n) is 5.65. The molecular formula is C6H15BrN2. The van der Waals surface area contributed by atoms with Gasteiger partial charge in [0.2, 0.25) is 0 Å². The van der Waals surface area contributed by atoms with Gasteiger partial charge in [-0.15, -0.1) is 17.0 Å². The van der Waals surface area contributed by atoms with Crippen LogP contribution in [-0.2, 0) is 0 Å². The van der Waals surface area contributed by atoms with Gasteiger partial charge in [0.15, 0.2) is 0 Å². The van der Waals surface area contributed by atoms with Crippen LogP contribution < -0.4 is 10.6 Å². The molecule has 0 unspecified atom stereocenters. The molecule has 0 radical (unpaired) electrons. The van der Waals surface area contributed by atoms with Crippen molar-refractivity contribution in [3.8, 4) is 0 Å². The first-order chi connectivity index (χ1) is 4.00. The maximum Gasteiger partial charge on any atom is -0.00368 e. The van der Waals surface area contributed by atoms with E-state index in [-0.39, 0.29) is 17.0 Å². The van der Waals surface area contributed by atoms with E-state index in [0.29, 0.717) is 0 Å². The van der Waals surface area contributed by atoms with E-state index >= 15 is 0 Å². The van der Waals surface area contributed by atoms with Crippen molar-refractivity contribution in [1.82, 2.24) is 10.6 Å². The van der Waals surface area contributed by atoms with Gasteiger partial charge in [0.1, 0.15) is 0 Å². The van der Waals surface area contributed by atoms with Crippen molar-refractivity contribution in [1.29, 1.82) is 0 Å². The van der Waals surface area contributed by atoms with Gasteiger partial charge in [-0.1, -0.05) is 0 Å². The topological polar surface area (TPSA) is 24.1 Å². The Hall–Kier alpha value is 0.400. The van der Waals surface area contributed by atoms with Gasteiger partial charge in [-0.05, 0) is 39.0 Å². The predicted octanol–water partition coefficient (Wildman–Crippen LogP) is 0.537. The number of hydrogen-bond donors (Lipinski definition) is 2. The summed E-state index contributed by atoms with van der Waals surface area (Å²) in [5.74, 6) is 0. The van der Waals surface area contributed by atoms with E-state index in [2.05, 4.69) is 10.6 Å². The van der Waals surface area contributed by atoms with E-state index in [1.165, 1.54) is 39.0 Å². The van der Waals surface area contributed by atoms with Crippen molar-refractivity contribution < 1.29 is 0 Å². The van der Waals surface area contributed by atoms with Crippen molar-refractivity contribution in [3.63, 3.8) is 0 Å². The summed E-state index contributed by atoms with van der Waals surface area (Å²) in [6.07, 6.45) is 2.56. The van der Waals surface area contributed by atoms with Crippen molar-refractivity contribution >= 4 is 17.0 Å². The van der Waals surface area contributed by atoms with Gasteiger partial charge in [0.05, 0.1) is 0 Å². The number of nitrogens with one attached hydrogen (secondary N) is 2. The van der Waals surface area contributed by atoms with Gasteiger partial charge in [-0.2, -0.15) is 0 Å². The molecule has 0 aromatic carbocycles. The van der Waals surface area contributed by atoms with Crippen LogP contribution in [0.2, 0.25) is 0 Å². The number of halogens is 1. The Morgan fingerprint density at radius 2 is 1.00 bits per heavy atom. The Labute approximate surface area is 67.2 Å². The molecule has 9 heavy (non-hydrogen) atoms. The second-order valence-corrected chi connectivity index (χ2v) is 2.21. The first kappa shape index (κ1) is 9.40.